The van der Waals surface area contributed by atoms with Crippen molar-refractivity contribution < 1.29 is 0 Å². The molecule has 2 atom stereocenters. The van der Waals surface area contributed by atoms with Crippen molar-refractivity contribution >= 4 is 0 Å². The van der Waals surface area contributed by atoms with Crippen molar-refractivity contribution in [1.82, 2.24) is 4.90 Å². The Balaban J connectivity index is 1.94. The van der Waals surface area contributed by atoms with E-state index in [1.807, 2.05) is 0 Å². The number of likely N-dealkylation sites (tertiary alicyclic amines) is 1. The van der Waals surface area contributed by atoms with E-state index >= 15 is 0 Å². The number of rotatable bonds is 3. The number of nitrogens with two attached hydrogens (primary N) is 1. The van der Waals surface area contributed by atoms with Crippen LogP contribution in [0.3, 0.4) is 0 Å². The van der Waals surface area contributed by atoms with Crippen LogP contribution in [-0.4, -0.2) is 30.6 Å². The second-order valence-electron chi connectivity index (χ2n) is 4.90. The van der Waals surface area contributed by atoms with Crippen LogP contribution in [-0.2, 0) is 6.42 Å². The lowest BCUT2D eigenvalue weighted by molar-refractivity contribution is 0.163. The summed E-state index contributed by atoms with van der Waals surface area (Å²) in [4.78, 5) is 2.47. The molecule has 2 N–H and O–H groups in total. The first-order valence-electron chi connectivity index (χ1n) is 6.29. The highest BCUT2D eigenvalue weighted by atomic mass is 15.1. The molecule has 0 saturated carbocycles. The molecule has 2 heteroatoms. The highest BCUT2D eigenvalue weighted by Gasteiger charge is 2.23. The molecule has 2 nitrogen and oxygen atoms in total. The number of hydrogen-bond donors (Lipinski definition) is 1. The Morgan fingerprint density at radius 1 is 1.25 bits per heavy atom. The Hall–Kier alpha value is -0.860. The van der Waals surface area contributed by atoms with E-state index in [2.05, 4.69) is 42.2 Å². The molecule has 1 aliphatic rings. The molecule has 0 aromatic heterocycles. The lowest BCUT2D eigenvalue weighted by Crippen LogP contribution is -2.47. The molecule has 0 aliphatic carbocycles. The summed E-state index contributed by atoms with van der Waals surface area (Å²) in [6.07, 6.45) is 2.34. The molecule has 0 bridgehead atoms. The van der Waals surface area contributed by atoms with Gasteiger partial charge in [0.25, 0.3) is 0 Å². The standard InChI is InChI=1S/C14H22N2/c1-2-16-10-13(9-14(15)11-16)8-12-6-4-3-5-7-12/h3-7,13-14H,2,8-11,15H2,1H3. The van der Waals surface area contributed by atoms with E-state index in [0.717, 1.165) is 19.0 Å². The Labute approximate surface area is 98.4 Å². The maximum Gasteiger partial charge on any atom is 0.0171 e. The highest BCUT2D eigenvalue weighted by Crippen LogP contribution is 2.19. The summed E-state index contributed by atoms with van der Waals surface area (Å²) < 4.78 is 0. The van der Waals surface area contributed by atoms with Gasteiger partial charge in [0.1, 0.15) is 0 Å². The van der Waals surface area contributed by atoms with Gasteiger partial charge in [-0.15, -0.1) is 0 Å². The fourth-order valence-electron chi connectivity index (χ4n) is 2.70. The van der Waals surface area contributed by atoms with Crippen LogP contribution in [0.25, 0.3) is 0 Å². The summed E-state index contributed by atoms with van der Waals surface area (Å²) in [5.41, 5.74) is 7.55. The van der Waals surface area contributed by atoms with Crippen LogP contribution in [0.1, 0.15) is 18.9 Å². The minimum atomic E-state index is 0.363. The first-order valence-corrected chi connectivity index (χ1v) is 6.29. The summed E-state index contributed by atoms with van der Waals surface area (Å²) in [5.74, 6) is 0.728. The monoisotopic (exact) mass is 218 g/mol. The molecule has 1 aliphatic heterocycles. The van der Waals surface area contributed by atoms with E-state index in [1.54, 1.807) is 0 Å². The van der Waals surface area contributed by atoms with Gasteiger partial charge >= 0.3 is 0 Å². The Kier molecular flexibility index (Phi) is 3.97. The first-order chi connectivity index (χ1) is 7.78. The molecule has 1 saturated heterocycles. The summed E-state index contributed by atoms with van der Waals surface area (Å²) in [7, 11) is 0. The van der Waals surface area contributed by atoms with Crippen molar-refractivity contribution in [2.75, 3.05) is 19.6 Å². The van der Waals surface area contributed by atoms with Gasteiger partial charge in [-0.05, 0) is 30.9 Å². The van der Waals surface area contributed by atoms with Crippen molar-refractivity contribution in [2.45, 2.75) is 25.8 Å². The zero-order valence-electron chi connectivity index (χ0n) is 10.1. The topological polar surface area (TPSA) is 29.3 Å². The average molecular weight is 218 g/mol. The van der Waals surface area contributed by atoms with Gasteiger partial charge in [-0.2, -0.15) is 0 Å². The summed E-state index contributed by atoms with van der Waals surface area (Å²) in [5, 5.41) is 0. The van der Waals surface area contributed by atoms with Crippen molar-refractivity contribution in [1.29, 1.82) is 0 Å². The molecular formula is C14H22N2. The molecule has 2 unspecified atom stereocenters. The van der Waals surface area contributed by atoms with Gasteiger partial charge < -0.3 is 10.6 Å². The molecule has 0 amide bonds. The van der Waals surface area contributed by atoms with Gasteiger partial charge in [0.05, 0.1) is 0 Å². The third-order valence-corrected chi connectivity index (χ3v) is 3.46. The lowest BCUT2D eigenvalue weighted by Gasteiger charge is -2.35. The fourth-order valence-corrected chi connectivity index (χ4v) is 2.70. The third kappa shape index (κ3) is 3.06. The molecular weight excluding hydrogens is 196 g/mol. The van der Waals surface area contributed by atoms with Crippen molar-refractivity contribution in [2.24, 2.45) is 11.7 Å². The molecule has 1 heterocycles. The zero-order valence-corrected chi connectivity index (χ0v) is 10.1. The van der Waals surface area contributed by atoms with E-state index < -0.39 is 0 Å². The maximum absolute atomic E-state index is 6.10. The third-order valence-electron chi connectivity index (χ3n) is 3.46. The SMILES string of the molecule is CCN1CC(N)CC(Cc2ccccc2)C1. The second kappa shape index (κ2) is 5.46. The fraction of sp³-hybridized carbons (Fsp3) is 0.571. The molecule has 1 fully saturated rings. The number of hydrogen-bond acceptors (Lipinski definition) is 2. The second-order valence-corrected chi connectivity index (χ2v) is 4.90. The Morgan fingerprint density at radius 3 is 2.69 bits per heavy atom. The van der Waals surface area contributed by atoms with Crippen LogP contribution in [0.5, 0.6) is 0 Å². The summed E-state index contributed by atoms with van der Waals surface area (Å²) >= 11 is 0. The number of piperidine rings is 1. The highest BCUT2D eigenvalue weighted by molar-refractivity contribution is 5.15. The molecule has 0 radical (unpaired) electrons. The van der Waals surface area contributed by atoms with Gasteiger partial charge in [0, 0.05) is 19.1 Å². The molecule has 0 spiro atoms. The maximum atomic E-state index is 6.10. The van der Waals surface area contributed by atoms with E-state index in [4.69, 9.17) is 5.73 Å². The predicted molar refractivity (Wildman–Crippen MR) is 68.3 cm³/mol. The van der Waals surface area contributed by atoms with Gasteiger partial charge in [-0.3, -0.25) is 0 Å². The van der Waals surface area contributed by atoms with Crippen LogP contribution in [0.15, 0.2) is 30.3 Å². The van der Waals surface area contributed by atoms with Crippen molar-refractivity contribution in [3.63, 3.8) is 0 Å². The van der Waals surface area contributed by atoms with Crippen LogP contribution in [0.4, 0.5) is 0 Å². The van der Waals surface area contributed by atoms with Gasteiger partial charge in [-0.1, -0.05) is 37.3 Å². The molecule has 16 heavy (non-hydrogen) atoms. The van der Waals surface area contributed by atoms with E-state index in [1.165, 1.54) is 24.9 Å². The molecule has 1 aromatic rings. The Morgan fingerprint density at radius 2 is 2.00 bits per heavy atom. The summed E-state index contributed by atoms with van der Waals surface area (Å²) in [6, 6.07) is 11.1. The molecule has 88 valence electrons. The van der Waals surface area contributed by atoms with Gasteiger partial charge in [0.2, 0.25) is 0 Å². The number of benzene rings is 1. The van der Waals surface area contributed by atoms with Crippen LogP contribution < -0.4 is 5.73 Å². The van der Waals surface area contributed by atoms with Crippen LogP contribution in [0, 0.1) is 5.92 Å². The van der Waals surface area contributed by atoms with Crippen molar-refractivity contribution in [3.05, 3.63) is 35.9 Å². The van der Waals surface area contributed by atoms with E-state index in [9.17, 15) is 0 Å². The average Bonchev–Trinajstić information content (AvgIpc) is 2.29. The van der Waals surface area contributed by atoms with Gasteiger partial charge in [-0.25, -0.2) is 0 Å². The minimum Gasteiger partial charge on any atom is -0.327 e. The first kappa shape index (κ1) is 11.6. The Bertz CT molecular complexity index is 310. The van der Waals surface area contributed by atoms with E-state index in [-0.39, 0.29) is 0 Å². The minimum absolute atomic E-state index is 0.363. The van der Waals surface area contributed by atoms with Gasteiger partial charge in [0.15, 0.2) is 0 Å². The largest absolute Gasteiger partial charge is 0.327 e. The summed E-state index contributed by atoms with van der Waals surface area (Å²) in [6.45, 7) is 5.62. The normalized spacial score (nSPS) is 26.9. The van der Waals surface area contributed by atoms with Crippen LogP contribution >= 0.6 is 0 Å². The van der Waals surface area contributed by atoms with Crippen LogP contribution in [0.2, 0.25) is 0 Å². The number of nitrogens with zero attached hydrogens (tertiary/aromatic N) is 1. The number of likely N-dealkylation sites (N-methyl/N-ethyl adjacent to an activating group) is 1. The zero-order chi connectivity index (χ0) is 11.4. The molecule has 1 aromatic carbocycles. The van der Waals surface area contributed by atoms with E-state index in [0.29, 0.717) is 6.04 Å². The quantitative estimate of drug-likeness (QED) is 0.839. The van der Waals surface area contributed by atoms with Crippen molar-refractivity contribution in [3.8, 4) is 0 Å². The smallest absolute Gasteiger partial charge is 0.0171 e. The molecule has 2 rings (SSSR count). The predicted octanol–water partition coefficient (Wildman–Crippen LogP) is 1.90. The lowest BCUT2D eigenvalue weighted by atomic mass is 9.89.